The Bertz CT molecular complexity index is 555. The summed E-state index contributed by atoms with van der Waals surface area (Å²) in [6.07, 6.45) is 2.93. The summed E-state index contributed by atoms with van der Waals surface area (Å²) in [4.78, 5) is 15.7. The molecule has 0 spiro atoms. The molecule has 2 aliphatic heterocycles. The van der Waals surface area contributed by atoms with Gasteiger partial charge in [0.1, 0.15) is 6.33 Å². The zero-order valence-electron chi connectivity index (χ0n) is 7.34. The molecule has 0 fully saturated rings. The largest absolute Gasteiger partial charge is 0.269 e. The number of amides is 1. The minimum atomic E-state index is -0.148. The van der Waals surface area contributed by atoms with Crippen LogP contribution in [0, 0.1) is 0 Å². The van der Waals surface area contributed by atoms with Gasteiger partial charge in [-0.3, -0.25) is 4.79 Å². The number of carbonyl (C=O) groups is 1. The van der Waals surface area contributed by atoms with Crippen LogP contribution in [0.3, 0.4) is 0 Å². The van der Waals surface area contributed by atoms with E-state index in [0.717, 1.165) is 16.7 Å². The van der Waals surface area contributed by atoms with Gasteiger partial charge in [0.05, 0.1) is 16.7 Å². The molecule has 4 nitrogen and oxygen atoms in total. The van der Waals surface area contributed by atoms with Crippen LogP contribution in [0.25, 0.3) is 11.0 Å². The molecule has 2 aromatic rings. The van der Waals surface area contributed by atoms with Gasteiger partial charge in [0, 0.05) is 0 Å². The van der Waals surface area contributed by atoms with Gasteiger partial charge >= 0.3 is 0 Å². The highest BCUT2D eigenvalue weighted by atomic mass is 16.2. The monoisotopic (exact) mass is 185 g/mol. The lowest BCUT2D eigenvalue weighted by Crippen LogP contribution is -2.35. The molecule has 2 aliphatic rings. The fourth-order valence-corrected chi connectivity index (χ4v) is 1.72. The molecule has 0 unspecified atom stereocenters. The third kappa shape index (κ3) is 0.682. The molecule has 0 aliphatic carbocycles. The van der Waals surface area contributed by atoms with E-state index in [9.17, 15) is 4.79 Å². The summed E-state index contributed by atoms with van der Waals surface area (Å²) in [6.45, 7) is 3.47. The highest BCUT2D eigenvalue weighted by Crippen LogP contribution is 2.29. The Hall–Kier alpha value is -2.10. The van der Waals surface area contributed by atoms with Gasteiger partial charge < -0.3 is 0 Å². The second kappa shape index (κ2) is 2.23. The Balaban J connectivity index is 2.32. The molecule has 4 heteroatoms. The lowest BCUT2D eigenvalue weighted by Gasteiger charge is -2.26. The van der Waals surface area contributed by atoms with Crippen molar-refractivity contribution in [3.63, 3.8) is 0 Å². The molecule has 3 heterocycles. The summed E-state index contributed by atoms with van der Waals surface area (Å²) in [6, 6.07) is 5.73. The number of fused-ring (bicyclic) bond motifs is 1. The maximum atomic E-state index is 11.6. The molecule has 0 radical (unpaired) electrons. The van der Waals surface area contributed by atoms with Crippen molar-refractivity contribution in [3.8, 4) is 0 Å². The highest BCUT2D eigenvalue weighted by molar-refractivity contribution is 6.04. The van der Waals surface area contributed by atoms with Crippen LogP contribution in [0.4, 0.5) is 5.69 Å². The van der Waals surface area contributed by atoms with Gasteiger partial charge in [-0.2, -0.15) is 0 Å². The van der Waals surface area contributed by atoms with Crippen molar-refractivity contribution >= 4 is 22.6 Å². The smallest absolute Gasteiger partial charge is 0.267 e. The molecule has 68 valence electrons. The molecule has 0 saturated carbocycles. The number of hydrogen-bond donors (Lipinski definition) is 0. The van der Waals surface area contributed by atoms with E-state index in [-0.39, 0.29) is 5.91 Å². The van der Waals surface area contributed by atoms with Crippen LogP contribution in [-0.2, 0) is 4.79 Å². The predicted octanol–water partition coefficient (Wildman–Crippen LogP) is 1.33. The minimum Gasteiger partial charge on any atom is -0.267 e. The van der Waals surface area contributed by atoms with Crippen LogP contribution in [0.5, 0.6) is 0 Å². The third-order valence-electron chi connectivity index (χ3n) is 2.36. The van der Waals surface area contributed by atoms with Crippen LogP contribution in [0.15, 0.2) is 37.2 Å². The van der Waals surface area contributed by atoms with Gasteiger partial charge in [-0.1, -0.05) is 6.58 Å². The number of rotatable bonds is 1. The van der Waals surface area contributed by atoms with Gasteiger partial charge in [-0.25, -0.2) is 14.7 Å². The van der Waals surface area contributed by atoms with Gasteiger partial charge in [0.15, 0.2) is 0 Å². The van der Waals surface area contributed by atoms with Crippen molar-refractivity contribution in [1.82, 2.24) is 9.66 Å². The van der Waals surface area contributed by atoms with Crippen molar-refractivity contribution in [3.05, 3.63) is 37.2 Å². The predicted molar refractivity (Wildman–Crippen MR) is 52.8 cm³/mol. The summed E-state index contributed by atoms with van der Waals surface area (Å²) < 4.78 is 1.73. The maximum absolute atomic E-state index is 11.6. The summed E-state index contributed by atoms with van der Waals surface area (Å²) in [5.41, 5.74) is 2.68. The topological polar surface area (TPSA) is 38.1 Å². The Kier molecular flexibility index (Phi) is 1.16. The third-order valence-corrected chi connectivity index (χ3v) is 2.36. The quantitative estimate of drug-likeness (QED) is 0.628. The molecule has 0 N–H and O–H groups in total. The second-order valence-corrected chi connectivity index (χ2v) is 3.12. The van der Waals surface area contributed by atoms with Crippen LogP contribution < -0.4 is 5.01 Å². The van der Waals surface area contributed by atoms with Gasteiger partial charge in [0.2, 0.25) is 0 Å². The van der Waals surface area contributed by atoms with Gasteiger partial charge in [0.25, 0.3) is 5.91 Å². The second-order valence-electron chi connectivity index (χ2n) is 3.12. The first-order chi connectivity index (χ1) is 6.81. The zero-order chi connectivity index (χ0) is 9.71. The number of hydrogen-bond acceptors (Lipinski definition) is 2. The average molecular weight is 185 g/mol. The standard InChI is InChI=1S/C10H7N3O/c1-2-10(14)13-7-3-4-9-8(5-7)11-6-12(9)13/h2-6H,1H2. The molecule has 0 atom stereocenters. The Labute approximate surface area is 80.0 Å². The molecule has 4 bridgehead atoms. The number of imidazole rings is 1. The Morgan fingerprint density at radius 3 is 3.14 bits per heavy atom. The highest BCUT2D eigenvalue weighted by Gasteiger charge is 2.23. The lowest BCUT2D eigenvalue weighted by atomic mass is 10.2. The number of benzene rings is 1. The number of carbonyl (C=O) groups excluding carboxylic acids is 1. The fourth-order valence-electron chi connectivity index (χ4n) is 1.72. The van der Waals surface area contributed by atoms with E-state index in [1.807, 2.05) is 18.2 Å². The molecule has 14 heavy (non-hydrogen) atoms. The van der Waals surface area contributed by atoms with E-state index in [0.29, 0.717) is 0 Å². The number of anilines is 1. The van der Waals surface area contributed by atoms with E-state index in [1.54, 1.807) is 16.0 Å². The van der Waals surface area contributed by atoms with E-state index in [2.05, 4.69) is 11.6 Å². The minimum absolute atomic E-state index is 0.148. The SMILES string of the molecule is C=CC(=O)N1c2ccc3c(c2)ncn31. The summed E-state index contributed by atoms with van der Waals surface area (Å²) >= 11 is 0. The molecule has 0 saturated heterocycles. The van der Waals surface area contributed by atoms with E-state index < -0.39 is 0 Å². The summed E-state index contributed by atoms with van der Waals surface area (Å²) in [5.74, 6) is -0.148. The maximum Gasteiger partial charge on any atom is 0.269 e. The van der Waals surface area contributed by atoms with Crippen molar-refractivity contribution in [1.29, 1.82) is 0 Å². The summed E-state index contributed by atoms with van der Waals surface area (Å²) in [5, 5.41) is 1.54. The molecular formula is C10H7N3O. The fraction of sp³-hybridized carbons (Fsp3) is 0. The molecule has 1 aromatic carbocycles. The van der Waals surface area contributed by atoms with Gasteiger partial charge in [-0.05, 0) is 24.3 Å². The van der Waals surface area contributed by atoms with Crippen molar-refractivity contribution < 1.29 is 4.79 Å². The van der Waals surface area contributed by atoms with Crippen LogP contribution in [-0.4, -0.2) is 15.6 Å². The normalized spacial score (nSPS) is 12.7. The number of nitrogens with zero attached hydrogens (tertiary/aromatic N) is 3. The number of aromatic nitrogens is 2. The van der Waals surface area contributed by atoms with Crippen molar-refractivity contribution in [2.45, 2.75) is 0 Å². The van der Waals surface area contributed by atoms with Crippen molar-refractivity contribution in [2.75, 3.05) is 5.01 Å². The Morgan fingerprint density at radius 1 is 1.50 bits per heavy atom. The first kappa shape index (κ1) is 7.32. The van der Waals surface area contributed by atoms with Crippen LogP contribution in [0.2, 0.25) is 0 Å². The van der Waals surface area contributed by atoms with E-state index in [4.69, 9.17) is 0 Å². The lowest BCUT2D eigenvalue weighted by molar-refractivity contribution is -0.114. The first-order valence-electron chi connectivity index (χ1n) is 4.25. The van der Waals surface area contributed by atoms with E-state index >= 15 is 0 Å². The van der Waals surface area contributed by atoms with E-state index in [1.165, 1.54) is 6.08 Å². The van der Waals surface area contributed by atoms with Gasteiger partial charge in [-0.15, -0.1) is 0 Å². The average Bonchev–Trinajstić information content (AvgIpc) is 2.57. The van der Waals surface area contributed by atoms with Crippen LogP contribution >= 0.6 is 0 Å². The first-order valence-corrected chi connectivity index (χ1v) is 4.25. The zero-order valence-corrected chi connectivity index (χ0v) is 7.34. The van der Waals surface area contributed by atoms with Crippen LogP contribution in [0.1, 0.15) is 0 Å². The Morgan fingerprint density at radius 2 is 2.36 bits per heavy atom. The molecule has 1 amide bonds. The molecular weight excluding hydrogens is 178 g/mol. The molecule has 4 rings (SSSR count). The summed E-state index contributed by atoms with van der Waals surface area (Å²) in [7, 11) is 0. The molecule has 1 aromatic heterocycles. The van der Waals surface area contributed by atoms with Crippen molar-refractivity contribution in [2.24, 2.45) is 0 Å².